The van der Waals surface area contributed by atoms with Gasteiger partial charge in [-0.2, -0.15) is 0 Å². The van der Waals surface area contributed by atoms with Crippen LogP contribution in [0, 0.1) is 10.1 Å². The number of hydrogen-bond acceptors (Lipinski definition) is 6. The van der Waals surface area contributed by atoms with Crippen LogP contribution in [-0.2, 0) is 13.1 Å². The Labute approximate surface area is 124 Å². The molecule has 8 heteroatoms. The summed E-state index contributed by atoms with van der Waals surface area (Å²) in [6.45, 7) is 1.17. The number of halogens is 1. The van der Waals surface area contributed by atoms with Crippen molar-refractivity contribution in [2.45, 2.75) is 13.1 Å². The number of nitro groups is 1. The predicted octanol–water partition coefficient (Wildman–Crippen LogP) is 2.92. The first-order valence-corrected chi connectivity index (χ1v) is 6.96. The van der Waals surface area contributed by atoms with Gasteiger partial charge < -0.3 is 5.73 Å². The predicted molar refractivity (Wildman–Crippen MR) is 79.8 cm³/mol. The number of rotatable bonds is 5. The molecular formula is C12H13ClN4O2S. The number of nitrogens with zero attached hydrogens (tertiary/aromatic N) is 3. The smallest absolute Gasteiger partial charge is 0.269 e. The van der Waals surface area contributed by atoms with Crippen LogP contribution in [0.2, 0.25) is 5.02 Å². The third-order valence-electron chi connectivity index (χ3n) is 2.68. The summed E-state index contributed by atoms with van der Waals surface area (Å²) in [6, 6.07) is 4.45. The quantitative estimate of drug-likeness (QED) is 0.677. The van der Waals surface area contributed by atoms with Crippen molar-refractivity contribution in [3.05, 3.63) is 50.0 Å². The lowest BCUT2D eigenvalue weighted by Gasteiger charge is -2.16. The highest BCUT2D eigenvalue weighted by Crippen LogP contribution is 2.24. The molecule has 1 aromatic heterocycles. The molecule has 1 aromatic carbocycles. The lowest BCUT2D eigenvalue weighted by Crippen LogP contribution is -2.16. The fourth-order valence-corrected chi connectivity index (χ4v) is 2.75. The van der Waals surface area contributed by atoms with E-state index >= 15 is 0 Å². The molecule has 1 heterocycles. The van der Waals surface area contributed by atoms with Crippen LogP contribution in [-0.4, -0.2) is 21.9 Å². The van der Waals surface area contributed by atoms with Crippen molar-refractivity contribution in [2.24, 2.45) is 0 Å². The molecule has 0 fully saturated rings. The van der Waals surface area contributed by atoms with Crippen LogP contribution in [0.1, 0.15) is 10.4 Å². The van der Waals surface area contributed by atoms with Gasteiger partial charge in [-0.05, 0) is 18.7 Å². The zero-order valence-corrected chi connectivity index (χ0v) is 12.3. The Bertz CT molecular complexity index is 632. The average molecular weight is 313 g/mol. The minimum Gasteiger partial charge on any atom is -0.375 e. The molecule has 0 spiro atoms. The van der Waals surface area contributed by atoms with E-state index in [1.54, 1.807) is 12.3 Å². The molecular weight excluding hydrogens is 300 g/mol. The van der Waals surface area contributed by atoms with Gasteiger partial charge in [0.2, 0.25) is 0 Å². The normalized spacial score (nSPS) is 10.9. The Morgan fingerprint density at radius 2 is 2.25 bits per heavy atom. The molecule has 2 aromatic rings. The highest BCUT2D eigenvalue weighted by atomic mass is 35.5. The maximum Gasteiger partial charge on any atom is 0.269 e. The molecule has 0 aliphatic carbocycles. The minimum atomic E-state index is -0.427. The van der Waals surface area contributed by atoms with Gasteiger partial charge in [0.15, 0.2) is 5.13 Å². The summed E-state index contributed by atoms with van der Waals surface area (Å²) in [6.07, 6.45) is 1.73. The molecule has 0 amide bonds. The van der Waals surface area contributed by atoms with Crippen LogP contribution < -0.4 is 5.73 Å². The second kappa shape index (κ2) is 6.17. The zero-order chi connectivity index (χ0) is 14.7. The van der Waals surface area contributed by atoms with E-state index < -0.39 is 4.92 Å². The van der Waals surface area contributed by atoms with Crippen molar-refractivity contribution in [3.8, 4) is 0 Å². The van der Waals surface area contributed by atoms with Gasteiger partial charge in [-0.25, -0.2) is 4.98 Å². The first kappa shape index (κ1) is 14.7. The van der Waals surface area contributed by atoms with Gasteiger partial charge in [0.1, 0.15) is 0 Å². The second-order valence-corrected chi connectivity index (χ2v) is 5.92. The highest BCUT2D eigenvalue weighted by molar-refractivity contribution is 7.15. The largest absolute Gasteiger partial charge is 0.375 e. The number of thiazole rings is 1. The number of aromatic nitrogens is 1. The lowest BCUT2D eigenvalue weighted by molar-refractivity contribution is -0.384. The third-order valence-corrected chi connectivity index (χ3v) is 3.86. The van der Waals surface area contributed by atoms with Crippen LogP contribution in [0.4, 0.5) is 10.8 Å². The molecule has 0 saturated carbocycles. The monoisotopic (exact) mass is 312 g/mol. The second-order valence-electron chi connectivity index (χ2n) is 4.37. The maximum absolute atomic E-state index is 10.8. The van der Waals surface area contributed by atoms with Gasteiger partial charge in [0.05, 0.1) is 4.92 Å². The molecule has 0 atom stereocenters. The highest BCUT2D eigenvalue weighted by Gasteiger charge is 2.12. The van der Waals surface area contributed by atoms with Crippen LogP contribution in [0.5, 0.6) is 0 Å². The van der Waals surface area contributed by atoms with E-state index in [-0.39, 0.29) is 5.69 Å². The van der Waals surface area contributed by atoms with Crippen molar-refractivity contribution in [3.63, 3.8) is 0 Å². The van der Waals surface area contributed by atoms with E-state index in [0.717, 1.165) is 10.4 Å². The maximum atomic E-state index is 10.8. The number of nitrogen functional groups attached to an aromatic ring is 1. The SMILES string of the molecule is CN(Cc1cnc(N)s1)Cc1cc([N+](=O)[O-])ccc1Cl. The van der Waals surface area contributed by atoms with Gasteiger partial charge in [0.25, 0.3) is 5.69 Å². The Hall–Kier alpha value is -1.70. The summed E-state index contributed by atoms with van der Waals surface area (Å²) in [5, 5.41) is 11.8. The van der Waals surface area contributed by atoms with Gasteiger partial charge in [-0.15, -0.1) is 11.3 Å². The fraction of sp³-hybridized carbons (Fsp3) is 0.250. The van der Waals surface area contributed by atoms with E-state index in [0.29, 0.717) is 23.2 Å². The molecule has 6 nitrogen and oxygen atoms in total. The van der Waals surface area contributed by atoms with Crippen molar-refractivity contribution in [2.75, 3.05) is 12.8 Å². The standard InChI is InChI=1S/C12H13ClN4O2S/c1-16(7-10-5-15-12(14)20-10)6-8-4-9(17(18)19)2-3-11(8)13/h2-5H,6-7H2,1H3,(H2,14,15). The number of hydrogen-bond donors (Lipinski definition) is 1. The van der Waals surface area contributed by atoms with Gasteiger partial charge in [0, 0.05) is 41.3 Å². The third kappa shape index (κ3) is 3.66. The van der Waals surface area contributed by atoms with E-state index in [4.69, 9.17) is 17.3 Å². The Balaban J connectivity index is 2.08. The van der Waals surface area contributed by atoms with Crippen LogP contribution in [0.15, 0.2) is 24.4 Å². The summed E-state index contributed by atoms with van der Waals surface area (Å²) in [5.41, 5.74) is 6.34. The van der Waals surface area contributed by atoms with Gasteiger partial charge >= 0.3 is 0 Å². The van der Waals surface area contributed by atoms with E-state index in [2.05, 4.69) is 4.98 Å². The molecule has 2 N–H and O–H groups in total. The van der Waals surface area contributed by atoms with E-state index in [9.17, 15) is 10.1 Å². The van der Waals surface area contributed by atoms with Crippen molar-refractivity contribution in [1.82, 2.24) is 9.88 Å². The number of nitrogens with two attached hydrogens (primary N) is 1. The van der Waals surface area contributed by atoms with E-state index in [1.165, 1.54) is 23.5 Å². The van der Waals surface area contributed by atoms with Crippen LogP contribution in [0.3, 0.4) is 0 Å². The average Bonchev–Trinajstić information content (AvgIpc) is 2.77. The lowest BCUT2D eigenvalue weighted by atomic mass is 10.2. The first-order chi connectivity index (χ1) is 9.45. The van der Waals surface area contributed by atoms with Crippen molar-refractivity contribution >= 4 is 33.8 Å². The number of non-ortho nitro benzene ring substituents is 1. The van der Waals surface area contributed by atoms with Crippen molar-refractivity contribution < 1.29 is 4.92 Å². The number of benzene rings is 1. The van der Waals surface area contributed by atoms with Gasteiger partial charge in [-0.1, -0.05) is 11.6 Å². The summed E-state index contributed by atoms with van der Waals surface area (Å²) in [7, 11) is 1.91. The molecule has 106 valence electrons. The zero-order valence-electron chi connectivity index (χ0n) is 10.7. The molecule has 0 aliphatic rings. The number of anilines is 1. The molecule has 0 radical (unpaired) electrons. The summed E-state index contributed by atoms with van der Waals surface area (Å²) < 4.78 is 0. The van der Waals surface area contributed by atoms with Gasteiger partial charge in [-0.3, -0.25) is 15.0 Å². The van der Waals surface area contributed by atoms with E-state index in [1.807, 2.05) is 11.9 Å². The molecule has 0 saturated heterocycles. The first-order valence-electron chi connectivity index (χ1n) is 5.77. The molecule has 20 heavy (non-hydrogen) atoms. The summed E-state index contributed by atoms with van der Waals surface area (Å²) in [5.74, 6) is 0. The minimum absolute atomic E-state index is 0.0415. The number of nitro benzene ring substituents is 1. The Morgan fingerprint density at radius 3 is 2.85 bits per heavy atom. The Kier molecular flexibility index (Phi) is 4.53. The van der Waals surface area contributed by atoms with Crippen molar-refractivity contribution in [1.29, 1.82) is 0 Å². The molecule has 0 unspecified atom stereocenters. The topological polar surface area (TPSA) is 85.3 Å². The van der Waals surface area contributed by atoms with Crippen LogP contribution in [0.25, 0.3) is 0 Å². The molecule has 0 aliphatic heterocycles. The fourth-order valence-electron chi connectivity index (χ4n) is 1.80. The Morgan fingerprint density at radius 1 is 1.50 bits per heavy atom. The summed E-state index contributed by atoms with van der Waals surface area (Å²) in [4.78, 5) is 17.4. The molecule has 0 bridgehead atoms. The van der Waals surface area contributed by atoms with Crippen LogP contribution >= 0.6 is 22.9 Å². The molecule has 2 rings (SSSR count). The summed E-state index contributed by atoms with van der Waals surface area (Å²) >= 11 is 7.50.